The highest BCUT2D eigenvalue weighted by molar-refractivity contribution is 5.94. The van der Waals surface area contributed by atoms with Crippen LogP contribution in [-0.4, -0.2) is 73.5 Å². The summed E-state index contributed by atoms with van der Waals surface area (Å²) in [6.45, 7) is 8.53. The molecule has 5 rings (SSSR count). The van der Waals surface area contributed by atoms with Crippen LogP contribution < -0.4 is 9.80 Å². The van der Waals surface area contributed by atoms with Gasteiger partial charge in [0.2, 0.25) is 17.7 Å². The first-order chi connectivity index (χ1) is 17.7. The van der Waals surface area contributed by atoms with E-state index in [1.807, 2.05) is 43.1 Å². The number of amides is 1. The smallest absolute Gasteiger partial charge is 0.228 e. The Kier molecular flexibility index (Phi) is 6.45. The molecular weight excluding hydrogens is 475 g/mol. The van der Waals surface area contributed by atoms with Crippen LogP contribution in [0.25, 0.3) is 16.6 Å². The average Bonchev–Trinajstić information content (AvgIpc) is 3.48. The summed E-state index contributed by atoms with van der Waals surface area (Å²) in [7, 11) is 1.94. The van der Waals surface area contributed by atoms with Gasteiger partial charge in [0.1, 0.15) is 17.2 Å². The Morgan fingerprint density at radius 1 is 1.11 bits per heavy atom. The molecule has 10 nitrogen and oxygen atoms in total. The maximum absolute atomic E-state index is 13.3. The van der Waals surface area contributed by atoms with Crippen molar-refractivity contribution in [1.29, 1.82) is 0 Å². The normalized spacial score (nSPS) is 14.1. The predicted molar refractivity (Wildman–Crippen MR) is 140 cm³/mol. The second kappa shape index (κ2) is 9.72. The summed E-state index contributed by atoms with van der Waals surface area (Å²) >= 11 is 0. The van der Waals surface area contributed by atoms with Crippen molar-refractivity contribution in [3.8, 4) is 11.6 Å². The first-order valence-electron chi connectivity index (χ1n) is 12.3. The van der Waals surface area contributed by atoms with Crippen LogP contribution in [0.5, 0.6) is 5.88 Å². The van der Waals surface area contributed by atoms with Gasteiger partial charge >= 0.3 is 0 Å². The number of benzene rings is 1. The Morgan fingerprint density at radius 2 is 1.81 bits per heavy atom. The van der Waals surface area contributed by atoms with Gasteiger partial charge in [-0.2, -0.15) is 10.1 Å². The lowest BCUT2D eigenvalue weighted by Crippen LogP contribution is -2.48. The topological polar surface area (TPSA) is 95.6 Å². The number of rotatable bonds is 6. The lowest BCUT2D eigenvalue weighted by Gasteiger charge is -2.34. The molecule has 1 fully saturated rings. The maximum Gasteiger partial charge on any atom is 0.228 e. The quantitative estimate of drug-likeness (QED) is 0.429. The number of nitrogens with zero attached hydrogens (tertiary/aromatic N) is 8. The largest absolute Gasteiger partial charge is 0.493 e. The summed E-state index contributed by atoms with van der Waals surface area (Å²) in [5.41, 5.74) is 2.21. The van der Waals surface area contributed by atoms with Crippen LogP contribution >= 0.6 is 0 Å². The molecule has 4 heterocycles. The average molecular weight is 507 g/mol. The fourth-order valence-corrected chi connectivity index (χ4v) is 4.63. The molecule has 11 heteroatoms. The van der Waals surface area contributed by atoms with E-state index < -0.39 is 0 Å². The van der Waals surface area contributed by atoms with E-state index in [9.17, 15) is 14.3 Å². The molecule has 1 amide bonds. The van der Waals surface area contributed by atoms with Crippen molar-refractivity contribution >= 4 is 28.6 Å². The third-order valence-electron chi connectivity index (χ3n) is 6.71. The Hall–Kier alpha value is -4.15. The third kappa shape index (κ3) is 4.81. The van der Waals surface area contributed by atoms with Gasteiger partial charge in [0.25, 0.3) is 0 Å². The molecule has 0 saturated carbocycles. The Morgan fingerprint density at radius 3 is 2.46 bits per heavy atom. The zero-order valence-corrected chi connectivity index (χ0v) is 21.5. The van der Waals surface area contributed by atoms with Crippen LogP contribution in [0.4, 0.5) is 16.2 Å². The van der Waals surface area contributed by atoms with E-state index in [0.717, 1.165) is 16.6 Å². The first kappa shape index (κ1) is 24.5. The summed E-state index contributed by atoms with van der Waals surface area (Å²) in [5, 5.41) is 16.2. The van der Waals surface area contributed by atoms with Gasteiger partial charge in [-0.3, -0.25) is 4.79 Å². The zero-order valence-electron chi connectivity index (χ0n) is 21.5. The van der Waals surface area contributed by atoms with E-state index in [-0.39, 0.29) is 23.6 Å². The molecule has 0 unspecified atom stereocenters. The van der Waals surface area contributed by atoms with Crippen LogP contribution in [0, 0.1) is 5.82 Å². The Bertz CT molecular complexity index is 1420. The number of carbonyl (C=O) groups excluding carboxylic acids is 1. The van der Waals surface area contributed by atoms with E-state index in [1.54, 1.807) is 34.5 Å². The van der Waals surface area contributed by atoms with Gasteiger partial charge in [-0.15, -0.1) is 0 Å². The molecule has 1 aliphatic rings. The molecule has 4 aromatic rings. The Labute approximate surface area is 214 Å². The van der Waals surface area contributed by atoms with E-state index in [4.69, 9.17) is 9.97 Å². The lowest BCUT2D eigenvalue weighted by molar-refractivity contribution is -0.129. The van der Waals surface area contributed by atoms with Crippen LogP contribution in [-0.2, 0) is 11.3 Å². The number of hydrogen-bond donors (Lipinski definition) is 1. The van der Waals surface area contributed by atoms with Crippen LogP contribution in [0.1, 0.15) is 32.4 Å². The molecule has 1 saturated heterocycles. The minimum absolute atomic E-state index is 0.0452. The van der Waals surface area contributed by atoms with Crippen LogP contribution in [0.15, 0.2) is 42.9 Å². The molecule has 0 atom stereocenters. The summed E-state index contributed by atoms with van der Waals surface area (Å²) in [6.07, 6.45) is 5.57. The number of halogens is 1. The number of piperazine rings is 1. The highest BCUT2D eigenvalue weighted by atomic mass is 19.1. The predicted octanol–water partition coefficient (Wildman–Crippen LogP) is 3.35. The standard InChI is InChI=1S/C26H31FN8O2/c1-17(2)34-16-22-23(25(34)37)29-26(33-11-9-32(10-12-33)18(3)36)30-24(22)31(4)14-19-13-28-35(15-19)21-7-5-20(27)6-8-21/h5-8,13,15-17,37H,9-12,14H2,1-4H3. The van der Waals surface area contributed by atoms with Crippen LogP contribution in [0.2, 0.25) is 0 Å². The molecule has 3 aromatic heterocycles. The third-order valence-corrected chi connectivity index (χ3v) is 6.71. The number of anilines is 2. The number of aromatic hydroxyl groups is 1. The van der Waals surface area contributed by atoms with Crippen LogP contribution in [0.3, 0.4) is 0 Å². The maximum atomic E-state index is 13.3. The van der Waals surface area contributed by atoms with Gasteiger partial charge in [-0.1, -0.05) is 0 Å². The van der Waals surface area contributed by atoms with Crippen molar-refractivity contribution in [1.82, 2.24) is 29.2 Å². The van der Waals surface area contributed by atoms with Crippen molar-refractivity contribution in [2.45, 2.75) is 33.4 Å². The fourth-order valence-electron chi connectivity index (χ4n) is 4.63. The van der Waals surface area contributed by atoms with Gasteiger partial charge in [0.15, 0.2) is 0 Å². The Balaban J connectivity index is 1.47. The highest BCUT2D eigenvalue weighted by Gasteiger charge is 2.25. The molecule has 0 spiro atoms. The van der Waals surface area contributed by atoms with E-state index in [1.165, 1.54) is 12.1 Å². The molecule has 0 bridgehead atoms. The van der Waals surface area contributed by atoms with E-state index >= 15 is 0 Å². The zero-order chi connectivity index (χ0) is 26.3. The minimum Gasteiger partial charge on any atom is -0.493 e. The summed E-state index contributed by atoms with van der Waals surface area (Å²) in [6, 6.07) is 6.22. The second-order valence-corrected chi connectivity index (χ2v) is 9.68. The van der Waals surface area contributed by atoms with Crippen molar-refractivity contribution in [2.24, 2.45) is 0 Å². The highest BCUT2D eigenvalue weighted by Crippen LogP contribution is 2.35. The van der Waals surface area contributed by atoms with Gasteiger partial charge in [-0.25, -0.2) is 14.1 Å². The van der Waals surface area contributed by atoms with Crippen molar-refractivity contribution in [3.63, 3.8) is 0 Å². The van der Waals surface area contributed by atoms with Gasteiger partial charge in [0, 0.05) is 70.7 Å². The molecule has 1 aromatic carbocycles. The monoisotopic (exact) mass is 506 g/mol. The van der Waals surface area contributed by atoms with Gasteiger partial charge in [-0.05, 0) is 38.1 Å². The van der Waals surface area contributed by atoms with Crippen molar-refractivity contribution < 1.29 is 14.3 Å². The molecule has 0 radical (unpaired) electrons. The number of carbonyl (C=O) groups is 1. The van der Waals surface area contributed by atoms with Crippen molar-refractivity contribution in [2.75, 3.05) is 43.0 Å². The lowest BCUT2D eigenvalue weighted by atomic mass is 10.3. The molecule has 37 heavy (non-hydrogen) atoms. The van der Waals surface area contributed by atoms with Gasteiger partial charge < -0.3 is 24.4 Å². The number of aromatic nitrogens is 5. The number of hydrogen-bond acceptors (Lipinski definition) is 7. The molecular formula is C26H31FN8O2. The molecule has 1 N–H and O–H groups in total. The summed E-state index contributed by atoms with van der Waals surface area (Å²) < 4.78 is 16.8. The first-order valence-corrected chi connectivity index (χ1v) is 12.3. The minimum atomic E-state index is -0.293. The summed E-state index contributed by atoms with van der Waals surface area (Å²) in [4.78, 5) is 27.3. The SMILES string of the molecule is CC(=O)N1CCN(c2nc(N(C)Cc3cnn(-c4ccc(F)cc4)c3)c3cn(C(C)C)c(O)c3n2)CC1. The molecule has 0 aliphatic carbocycles. The molecule has 194 valence electrons. The number of fused-ring (bicyclic) bond motifs is 1. The van der Waals surface area contributed by atoms with E-state index in [2.05, 4.69) is 10.00 Å². The van der Waals surface area contributed by atoms with Gasteiger partial charge in [0.05, 0.1) is 17.3 Å². The second-order valence-electron chi connectivity index (χ2n) is 9.68. The molecule has 1 aliphatic heterocycles. The van der Waals surface area contributed by atoms with E-state index in [0.29, 0.717) is 50.0 Å². The van der Waals surface area contributed by atoms with Crippen molar-refractivity contribution in [3.05, 3.63) is 54.2 Å². The summed E-state index contributed by atoms with van der Waals surface area (Å²) in [5.74, 6) is 1.09. The fraction of sp³-hybridized carbons (Fsp3) is 0.385.